The van der Waals surface area contributed by atoms with Gasteiger partial charge < -0.3 is 5.32 Å². The summed E-state index contributed by atoms with van der Waals surface area (Å²) in [5.74, 6) is 0. The van der Waals surface area contributed by atoms with E-state index in [-0.39, 0.29) is 11.0 Å². The van der Waals surface area contributed by atoms with E-state index in [1.54, 1.807) is 0 Å². The van der Waals surface area contributed by atoms with Crippen LogP contribution in [-0.4, -0.2) is 21.9 Å². The van der Waals surface area contributed by atoms with Gasteiger partial charge in [-0.15, -0.1) is 0 Å². The monoisotopic (exact) mass is 279 g/mol. The molecule has 0 radical (unpaired) electrons. The fraction of sp³-hybridized carbons (Fsp3) is 0.824. The molecule has 1 aromatic heterocycles. The molecule has 3 nitrogen and oxygen atoms in total. The second-order valence-corrected chi connectivity index (χ2v) is 7.72. The Morgan fingerprint density at radius 3 is 2.35 bits per heavy atom. The maximum Gasteiger partial charge on any atom is 0.0630 e. The normalized spacial score (nSPS) is 15.6. The molecule has 0 amide bonds. The van der Waals surface area contributed by atoms with Gasteiger partial charge in [0.15, 0.2) is 0 Å². The number of nitrogens with zero attached hydrogens (tertiary/aromatic N) is 2. The molecule has 0 fully saturated rings. The van der Waals surface area contributed by atoms with Gasteiger partial charge in [-0.3, -0.25) is 4.68 Å². The number of rotatable bonds is 7. The van der Waals surface area contributed by atoms with Crippen molar-refractivity contribution in [2.24, 2.45) is 5.41 Å². The van der Waals surface area contributed by atoms with Gasteiger partial charge in [0.05, 0.1) is 5.69 Å². The molecule has 0 saturated carbocycles. The lowest BCUT2D eigenvalue weighted by molar-refractivity contribution is 0.241. The summed E-state index contributed by atoms with van der Waals surface area (Å²) in [5, 5.41) is 8.37. The molecule has 0 spiro atoms. The van der Waals surface area contributed by atoms with Crippen molar-refractivity contribution in [3.8, 4) is 0 Å². The standard InChI is InChI=1S/C17H33N3/c1-8-10-17(7,13-18-16(4,5)6)12-15-9-11-20(19-15)14(2)3/h9,11,14,18H,8,10,12-13H2,1-7H3. The highest BCUT2D eigenvalue weighted by molar-refractivity contribution is 5.04. The van der Waals surface area contributed by atoms with E-state index in [0.717, 1.165) is 13.0 Å². The third-order valence-corrected chi connectivity index (χ3v) is 3.70. The van der Waals surface area contributed by atoms with Crippen LogP contribution in [0.25, 0.3) is 0 Å². The Kier molecular flexibility index (Phi) is 5.81. The van der Waals surface area contributed by atoms with Crippen molar-refractivity contribution in [2.75, 3.05) is 6.54 Å². The van der Waals surface area contributed by atoms with Crippen molar-refractivity contribution in [3.05, 3.63) is 18.0 Å². The molecule has 0 bridgehead atoms. The molecular weight excluding hydrogens is 246 g/mol. The minimum Gasteiger partial charge on any atom is -0.312 e. The summed E-state index contributed by atoms with van der Waals surface area (Å²) in [5.41, 5.74) is 1.66. The largest absolute Gasteiger partial charge is 0.312 e. The van der Waals surface area contributed by atoms with Crippen molar-refractivity contribution >= 4 is 0 Å². The molecule has 3 heteroatoms. The molecule has 1 atom stereocenters. The molecule has 1 aromatic rings. The lowest BCUT2D eigenvalue weighted by atomic mass is 9.80. The highest BCUT2D eigenvalue weighted by Crippen LogP contribution is 2.28. The Morgan fingerprint density at radius 1 is 1.25 bits per heavy atom. The summed E-state index contributed by atoms with van der Waals surface area (Å²) in [6, 6.07) is 2.61. The van der Waals surface area contributed by atoms with Gasteiger partial charge in [-0.2, -0.15) is 5.10 Å². The van der Waals surface area contributed by atoms with Crippen LogP contribution >= 0.6 is 0 Å². The van der Waals surface area contributed by atoms with Gasteiger partial charge in [0.1, 0.15) is 0 Å². The van der Waals surface area contributed by atoms with E-state index in [2.05, 4.69) is 70.7 Å². The molecule has 0 aliphatic carbocycles. The summed E-state index contributed by atoms with van der Waals surface area (Å²) < 4.78 is 2.05. The number of aromatic nitrogens is 2. The zero-order chi connectivity index (χ0) is 15.4. The van der Waals surface area contributed by atoms with Crippen LogP contribution in [-0.2, 0) is 6.42 Å². The Bertz CT molecular complexity index is 401. The van der Waals surface area contributed by atoms with Gasteiger partial charge in [0.25, 0.3) is 0 Å². The summed E-state index contributed by atoms with van der Waals surface area (Å²) in [6.07, 6.45) is 5.59. The molecule has 0 aliphatic heterocycles. The first-order valence-corrected chi connectivity index (χ1v) is 7.94. The van der Waals surface area contributed by atoms with E-state index in [1.165, 1.54) is 18.5 Å². The molecule has 20 heavy (non-hydrogen) atoms. The van der Waals surface area contributed by atoms with E-state index in [1.807, 2.05) is 0 Å². The lowest BCUT2D eigenvalue weighted by Crippen LogP contribution is -2.43. The van der Waals surface area contributed by atoms with Crippen LogP contribution in [0.5, 0.6) is 0 Å². The van der Waals surface area contributed by atoms with Crippen LogP contribution in [0, 0.1) is 5.41 Å². The second kappa shape index (κ2) is 6.75. The van der Waals surface area contributed by atoms with Gasteiger partial charge in [-0.1, -0.05) is 20.3 Å². The first-order chi connectivity index (χ1) is 9.15. The second-order valence-electron chi connectivity index (χ2n) is 7.72. The fourth-order valence-electron chi connectivity index (χ4n) is 2.52. The summed E-state index contributed by atoms with van der Waals surface area (Å²) in [4.78, 5) is 0. The maximum atomic E-state index is 4.71. The molecule has 1 heterocycles. The van der Waals surface area contributed by atoms with Crippen LogP contribution in [0.3, 0.4) is 0 Å². The molecule has 1 unspecified atom stereocenters. The molecular formula is C17H33N3. The third-order valence-electron chi connectivity index (χ3n) is 3.70. The van der Waals surface area contributed by atoms with Gasteiger partial charge >= 0.3 is 0 Å². The molecule has 0 aromatic carbocycles. The zero-order valence-corrected chi connectivity index (χ0v) is 14.5. The average Bonchev–Trinajstić information content (AvgIpc) is 2.74. The smallest absolute Gasteiger partial charge is 0.0630 e. The Labute approximate surface area is 125 Å². The molecule has 1 rings (SSSR count). The minimum absolute atomic E-state index is 0.173. The Hall–Kier alpha value is -0.830. The van der Waals surface area contributed by atoms with Crippen molar-refractivity contribution in [1.29, 1.82) is 0 Å². The van der Waals surface area contributed by atoms with Gasteiger partial charge in [0, 0.05) is 24.3 Å². The van der Waals surface area contributed by atoms with E-state index >= 15 is 0 Å². The first kappa shape index (κ1) is 17.2. The van der Waals surface area contributed by atoms with Crippen LogP contribution < -0.4 is 5.32 Å². The number of hydrogen-bond donors (Lipinski definition) is 1. The topological polar surface area (TPSA) is 29.9 Å². The van der Waals surface area contributed by atoms with E-state index in [4.69, 9.17) is 5.10 Å². The predicted molar refractivity (Wildman–Crippen MR) is 87.1 cm³/mol. The highest BCUT2D eigenvalue weighted by Gasteiger charge is 2.26. The van der Waals surface area contributed by atoms with Crippen LogP contribution in [0.2, 0.25) is 0 Å². The predicted octanol–water partition coefficient (Wildman–Crippen LogP) is 4.20. The van der Waals surface area contributed by atoms with Crippen LogP contribution in [0.1, 0.15) is 73.0 Å². The molecule has 1 N–H and O–H groups in total. The summed E-state index contributed by atoms with van der Waals surface area (Å²) in [6.45, 7) is 16.7. The minimum atomic E-state index is 0.173. The molecule has 116 valence electrons. The van der Waals surface area contributed by atoms with E-state index < -0.39 is 0 Å². The molecule has 0 saturated heterocycles. The first-order valence-electron chi connectivity index (χ1n) is 7.94. The third kappa shape index (κ3) is 5.66. The SMILES string of the molecule is CCCC(C)(CNC(C)(C)C)Cc1ccn(C(C)C)n1. The summed E-state index contributed by atoms with van der Waals surface area (Å²) in [7, 11) is 0. The van der Waals surface area contributed by atoms with Crippen molar-refractivity contribution in [3.63, 3.8) is 0 Å². The zero-order valence-electron chi connectivity index (χ0n) is 14.5. The fourth-order valence-corrected chi connectivity index (χ4v) is 2.52. The van der Waals surface area contributed by atoms with Crippen LogP contribution in [0.15, 0.2) is 12.3 Å². The Morgan fingerprint density at radius 2 is 1.90 bits per heavy atom. The van der Waals surface area contributed by atoms with Gasteiger partial charge in [-0.05, 0) is 58.9 Å². The van der Waals surface area contributed by atoms with Gasteiger partial charge in [-0.25, -0.2) is 0 Å². The average molecular weight is 279 g/mol. The van der Waals surface area contributed by atoms with E-state index in [0.29, 0.717) is 6.04 Å². The lowest BCUT2D eigenvalue weighted by Gasteiger charge is -2.33. The van der Waals surface area contributed by atoms with Crippen molar-refractivity contribution < 1.29 is 0 Å². The Balaban J connectivity index is 2.73. The highest BCUT2D eigenvalue weighted by atomic mass is 15.3. The number of hydrogen-bond acceptors (Lipinski definition) is 2. The van der Waals surface area contributed by atoms with E-state index in [9.17, 15) is 0 Å². The number of nitrogens with one attached hydrogen (secondary N) is 1. The van der Waals surface area contributed by atoms with Gasteiger partial charge in [0.2, 0.25) is 0 Å². The quantitative estimate of drug-likeness (QED) is 0.810. The van der Waals surface area contributed by atoms with Crippen LogP contribution in [0.4, 0.5) is 0 Å². The van der Waals surface area contributed by atoms with Crippen molar-refractivity contribution in [1.82, 2.24) is 15.1 Å². The summed E-state index contributed by atoms with van der Waals surface area (Å²) >= 11 is 0. The maximum absolute atomic E-state index is 4.71. The molecule has 0 aliphatic rings. The van der Waals surface area contributed by atoms with Crippen molar-refractivity contribution in [2.45, 2.75) is 79.3 Å².